The van der Waals surface area contributed by atoms with Gasteiger partial charge in [-0.25, -0.2) is 17.5 Å². The molecular formula is C14H17FN2O2S. The van der Waals surface area contributed by atoms with Crippen LogP contribution in [0.3, 0.4) is 0 Å². The minimum absolute atomic E-state index is 0.0115. The molecule has 4 nitrogen and oxygen atoms in total. The molecule has 1 saturated carbocycles. The second-order valence-electron chi connectivity index (χ2n) is 5.51. The molecule has 1 atom stereocenters. The lowest BCUT2D eigenvalue weighted by Crippen LogP contribution is -2.29. The highest BCUT2D eigenvalue weighted by molar-refractivity contribution is 7.89. The van der Waals surface area contributed by atoms with Crippen molar-refractivity contribution in [2.45, 2.75) is 31.2 Å². The van der Waals surface area contributed by atoms with Crippen molar-refractivity contribution >= 4 is 10.0 Å². The molecule has 0 heterocycles. The number of hydrogen-bond donors (Lipinski definition) is 2. The average Bonchev–Trinajstić information content (AvgIpc) is 2.92. The zero-order valence-corrected chi connectivity index (χ0v) is 12.2. The average molecular weight is 296 g/mol. The molecule has 1 fully saturated rings. The molecule has 108 valence electrons. The quantitative estimate of drug-likeness (QED) is 0.824. The molecule has 0 aromatic heterocycles. The number of benzene rings is 1. The zero-order chi connectivity index (χ0) is 15.0. The number of hydrogen-bond acceptors (Lipinski definition) is 3. The molecule has 3 N–H and O–H groups in total. The maximum Gasteiger partial charge on any atom is 0.242 e. The van der Waals surface area contributed by atoms with E-state index in [-0.39, 0.29) is 28.5 Å². The first kappa shape index (κ1) is 15.0. The second-order valence-corrected chi connectivity index (χ2v) is 7.20. The molecule has 1 aromatic carbocycles. The van der Waals surface area contributed by atoms with Crippen molar-refractivity contribution in [1.29, 1.82) is 0 Å². The standard InChI is InChI=1S/C14H17FN2O2S/c1-14(2)9-13(14)17-20(18,19)12-6-5-11(15)8-10(12)4-3-7-16/h5-6,8,13,17H,7,9,16H2,1-2H3. The van der Waals surface area contributed by atoms with E-state index in [1.165, 1.54) is 6.07 Å². The number of sulfonamides is 1. The maximum absolute atomic E-state index is 13.2. The Bertz CT molecular complexity index is 687. The highest BCUT2D eigenvalue weighted by atomic mass is 32.2. The zero-order valence-electron chi connectivity index (χ0n) is 11.4. The van der Waals surface area contributed by atoms with Gasteiger partial charge in [0.2, 0.25) is 10.0 Å². The Hall–Kier alpha value is -1.42. The Morgan fingerprint density at radius 2 is 2.15 bits per heavy atom. The van der Waals surface area contributed by atoms with Crippen LogP contribution in [0.2, 0.25) is 0 Å². The summed E-state index contributed by atoms with van der Waals surface area (Å²) in [6.45, 7) is 4.05. The van der Waals surface area contributed by atoms with E-state index in [0.717, 1.165) is 18.6 Å². The van der Waals surface area contributed by atoms with Crippen molar-refractivity contribution in [3.05, 3.63) is 29.6 Å². The lowest BCUT2D eigenvalue weighted by Gasteiger charge is -2.10. The van der Waals surface area contributed by atoms with Crippen LogP contribution in [0.25, 0.3) is 0 Å². The molecule has 20 heavy (non-hydrogen) atoms. The molecule has 1 unspecified atom stereocenters. The second kappa shape index (κ2) is 5.17. The van der Waals surface area contributed by atoms with Crippen molar-refractivity contribution in [3.8, 4) is 11.8 Å². The third-order valence-electron chi connectivity index (χ3n) is 3.37. The van der Waals surface area contributed by atoms with Crippen molar-refractivity contribution in [3.63, 3.8) is 0 Å². The van der Waals surface area contributed by atoms with E-state index in [1.54, 1.807) is 0 Å². The van der Waals surface area contributed by atoms with Crippen molar-refractivity contribution in [2.75, 3.05) is 6.54 Å². The van der Waals surface area contributed by atoms with Crippen molar-refractivity contribution in [1.82, 2.24) is 4.72 Å². The Labute approximate surface area is 118 Å². The van der Waals surface area contributed by atoms with Crippen molar-refractivity contribution in [2.24, 2.45) is 11.1 Å². The third-order valence-corrected chi connectivity index (χ3v) is 4.90. The first-order chi connectivity index (χ1) is 9.26. The van der Waals surface area contributed by atoms with Crippen LogP contribution < -0.4 is 10.5 Å². The van der Waals surface area contributed by atoms with E-state index in [1.807, 2.05) is 13.8 Å². The molecule has 1 aliphatic carbocycles. The van der Waals surface area contributed by atoms with Gasteiger partial charge < -0.3 is 5.73 Å². The van der Waals surface area contributed by atoms with Gasteiger partial charge in [0.1, 0.15) is 5.82 Å². The van der Waals surface area contributed by atoms with Crippen LogP contribution in [0.1, 0.15) is 25.8 Å². The van der Waals surface area contributed by atoms with Gasteiger partial charge in [-0.1, -0.05) is 25.7 Å². The largest absolute Gasteiger partial charge is 0.320 e. The Morgan fingerprint density at radius 3 is 2.70 bits per heavy atom. The molecule has 0 spiro atoms. The Kier molecular flexibility index (Phi) is 3.87. The van der Waals surface area contributed by atoms with Crippen LogP contribution in [0.15, 0.2) is 23.1 Å². The van der Waals surface area contributed by atoms with Gasteiger partial charge in [0, 0.05) is 11.6 Å². The first-order valence-electron chi connectivity index (χ1n) is 6.27. The lowest BCUT2D eigenvalue weighted by atomic mass is 10.2. The fourth-order valence-corrected chi connectivity index (χ4v) is 3.45. The topological polar surface area (TPSA) is 72.2 Å². The summed E-state index contributed by atoms with van der Waals surface area (Å²) in [6, 6.07) is 3.36. The van der Waals surface area contributed by atoms with Crippen LogP contribution in [0, 0.1) is 23.1 Å². The van der Waals surface area contributed by atoms with Crippen LogP contribution in [0.5, 0.6) is 0 Å². The molecule has 0 radical (unpaired) electrons. The molecule has 2 rings (SSSR count). The summed E-state index contributed by atoms with van der Waals surface area (Å²) >= 11 is 0. The SMILES string of the molecule is CC1(C)CC1NS(=O)(=O)c1ccc(F)cc1C#CCN. The normalized spacial score (nSPS) is 20.1. The predicted octanol–water partition coefficient (Wildman–Crippen LogP) is 1.21. The molecule has 6 heteroatoms. The molecule has 0 amide bonds. The predicted molar refractivity (Wildman–Crippen MR) is 74.8 cm³/mol. The molecule has 0 bridgehead atoms. The molecule has 1 aliphatic rings. The van der Waals surface area contributed by atoms with E-state index in [0.29, 0.717) is 0 Å². The summed E-state index contributed by atoms with van der Waals surface area (Å²) in [5.41, 5.74) is 5.36. The minimum Gasteiger partial charge on any atom is -0.320 e. The monoisotopic (exact) mass is 296 g/mol. The Morgan fingerprint density at radius 1 is 1.50 bits per heavy atom. The summed E-state index contributed by atoms with van der Waals surface area (Å²) in [6.07, 6.45) is 0.789. The van der Waals surface area contributed by atoms with Crippen LogP contribution in [-0.4, -0.2) is 21.0 Å². The maximum atomic E-state index is 13.2. The summed E-state index contributed by atoms with van der Waals surface area (Å²) in [7, 11) is -3.71. The minimum atomic E-state index is -3.71. The summed E-state index contributed by atoms with van der Waals surface area (Å²) in [5.74, 6) is 4.62. The first-order valence-corrected chi connectivity index (χ1v) is 7.75. The van der Waals surface area contributed by atoms with Gasteiger partial charge in [0.25, 0.3) is 0 Å². The van der Waals surface area contributed by atoms with E-state index in [9.17, 15) is 12.8 Å². The molecule has 1 aromatic rings. The third kappa shape index (κ3) is 3.18. The Balaban J connectivity index is 2.36. The van der Waals surface area contributed by atoms with Gasteiger partial charge in [-0.15, -0.1) is 0 Å². The highest BCUT2D eigenvalue weighted by Crippen LogP contribution is 2.45. The van der Waals surface area contributed by atoms with E-state index >= 15 is 0 Å². The van der Waals surface area contributed by atoms with Crippen LogP contribution in [0.4, 0.5) is 4.39 Å². The number of nitrogens with one attached hydrogen (secondary N) is 1. The molecule has 0 aliphatic heterocycles. The number of nitrogens with two attached hydrogens (primary N) is 1. The highest BCUT2D eigenvalue weighted by Gasteiger charge is 2.48. The van der Waals surface area contributed by atoms with Gasteiger partial charge in [0.15, 0.2) is 0 Å². The van der Waals surface area contributed by atoms with Crippen LogP contribution in [-0.2, 0) is 10.0 Å². The van der Waals surface area contributed by atoms with E-state index in [4.69, 9.17) is 5.73 Å². The van der Waals surface area contributed by atoms with E-state index < -0.39 is 15.8 Å². The van der Waals surface area contributed by atoms with Gasteiger partial charge in [-0.2, -0.15) is 0 Å². The van der Waals surface area contributed by atoms with Crippen LogP contribution >= 0.6 is 0 Å². The van der Waals surface area contributed by atoms with Crippen molar-refractivity contribution < 1.29 is 12.8 Å². The summed E-state index contributed by atoms with van der Waals surface area (Å²) in [4.78, 5) is -0.0115. The molecular weight excluding hydrogens is 279 g/mol. The fraction of sp³-hybridized carbons (Fsp3) is 0.429. The fourth-order valence-electron chi connectivity index (χ4n) is 1.90. The smallest absolute Gasteiger partial charge is 0.242 e. The van der Waals surface area contributed by atoms with Gasteiger partial charge >= 0.3 is 0 Å². The van der Waals surface area contributed by atoms with Gasteiger partial charge in [-0.05, 0) is 30.0 Å². The van der Waals surface area contributed by atoms with Gasteiger partial charge in [-0.3, -0.25) is 0 Å². The molecule has 0 saturated heterocycles. The van der Waals surface area contributed by atoms with Gasteiger partial charge in [0.05, 0.1) is 11.4 Å². The number of halogens is 1. The summed E-state index contributed by atoms with van der Waals surface area (Å²) < 4.78 is 40.5. The number of rotatable bonds is 3. The lowest BCUT2D eigenvalue weighted by molar-refractivity contribution is 0.554. The van der Waals surface area contributed by atoms with E-state index in [2.05, 4.69) is 16.6 Å². The summed E-state index contributed by atoms with van der Waals surface area (Å²) in [5, 5.41) is 0.